The van der Waals surface area contributed by atoms with Gasteiger partial charge in [0.1, 0.15) is 0 Å². The number of rotatable bonds is 2. The van der Waals surface area contributed by atoms with Crippen molar-refractivity contribution in [2.45, 2.75) is 38.8 Å². The standard InChI is InChI=1S/C9H17NO3/c1-4-12-8(11)10-9(3)5-6-13-7(9)2/h7H,4-6H2,1-3H3,(H,10,11). The van der Waals surface area contributed by atoms with Crippen LogP contribution in [0.15, 0.2) is 0 Å². The normalized spacial score (nSPS) is 33.0. The quantitative estimate of drug-likeness (QED) is 0.708. The molecule has 1 amide bonds. The van der Waals surface area contributed by atoms with E-state index in [0.717, 1.165) is 6.42 Å². The molecule has 0 radical (unpaired) electrons. The molecule has 0 saturated carbocycles. The summed E-state index contributed by atoms with van der Waals surface area (Å²) in [6, 6.07) is 0. The van der Waals surface area contributed by atoms with Crippen molar-refractivity contribution in [1.29, 1.82) is 0 Å². The average molecular weight is 187 g/mol. The second kappa shape index (κ2) is 3.96. The minimum atomic E-state index is -0.359. The van der Waals surface area contributed by atoms with E-state index in [1.54, 1.807) is 6.92 Å². The van der Waals surface area contributed by atoms with E-state index in [2.05, 4.69) is 5.32 Å². The number of carbonyl (C=O) groups is 1. The van der Waals surface area contributed by atoms with Gasteiger partial charge >= 0.3 is 6.09 Å². The predicted octanol–water partition coefficient (Wildman–Crippen LogP) is 1.30. The summed E-state index contributed by atoms with van der Waals surface area (Å²) in [5.74, 6) is 0. The van der Waals surface area contributed by atoms with Gasteiger partial charge in [-0.25, -0.2) is 4.79 Å². The Morgan fingerprint density at radius 3 is 2.92 bits per heavy atom. The highest BCUT2D eigenvalue weighted by atomic mass is 16.5. The Morgan fingerprint density at radius 2 is 2.46 bits per heavy atom. The fourth-order valence-corrected chi connectivity index (χ4v) is 1.40. The number of ether oxygens (including phenoxy) is 2. The number of hydrogen-bond acceptors (Lipinski definition) is 3. The molecule has 76 valence electrons. The van der Waals surface area contributed by atoms with Crippen LogP contribution >= 0.6 is 0 Å². The maximum Gasteiger partial charge on any atom is 0.407 e. The molecule has 0 spiro atoms. The van der Waals surface area contributed by atoms with Crippen LogP contribution in [0.25, 0.3) is 0 Å². The van der Waals surface area contributed by atoms with Crippen molar-refractivity contribution >= 4 is 6.09 Å². The summed E-state index contributed by atoms with van der Waals surface area (Å²) in [4.78, 5) is 11.2. The molecule has 2 unspecified atom stereocenters. The fraction of sp³-hybridized carbons (Fsp3) is 0.889. The first-order valence-electron chi connectivity index (χ1n) is 4.65. The van der Waals surface area contributed by atoms with E-state index in [0.29, 0.717) is 13.2 Å². The second-order valence-electron chi connectivity index (χ2n) is 3.53. The van der Waals surface area contributed by atoms with Crippen LogP contribution in [0.2, 0.25) is 0 Å². The van der Waals surface area contributed by atoms with Gasteiger partial charge in [-0.05, 0) is 27.2 Å². The molecular weight excluding hydrogens is 170 g/mol. The van der Waals surface area contributed by atoms with Crippen molar-refractivity contribution in [2.24, 2.45) is 0 Å². The van der Waals surface area contributed by atoms with Crippen molar-refractivity contribution in [3.63, 3.8) is 0 Å². The summed E-state index contributed by atoms with van der Waals surface area (Å²) >= 11 is 0. The first-order chi connectivity index (χ1) is 6.08. The molecule has 4 heteroatoms. The highest BCUT2D eigenvalue weighted by molar-refractivity contribution is 5.68. The molecule has 1 aliphatic rings. The molecule has 0 aromatic carbocycles. The van der Waals surface area contributed by atoms with Crippen LogP contribution < -0.4 is 5.32 Å². The highest BCUT2D eigenvalue weighted by Gasteiger charge is 2.38. The summed E-state index contributed by atoms with van der Waals surface area (Å²) < 4.78 is 10.2. The van der Waals surface area contributed by atoms with Crippen LogP contribution in [-0.4, -0.2) is 30.9 Å². The minimum Gasteiger partial charge on any atom is -0.450 e. The fourth-order valence-electron chi connectivity index (χ4n) is 1.40. The molecule has 0 bridgehead atoms. The molecule has 1 N–H and O–H groups in total. The Kier molecular flexibility index (Phi) is 3.14. The third-order valence-electron chi connectivity index (χ3n) is 2.55. The van der Waals surface area contributed by atoms with Gasteiger partial charge in [0.2, 0.25) is 0 Å². The van der Waals surface area contributed by atoms with Gasteiger partial charge in [-0.15, -0.1) is 0 Å². The Balaban J connectivity index is 2.46. The van der Waals surface area contributed by atoms with E-state index in [1.165, 1.54) is 0 Å². The second-order valence-corrected chi connectivity index (χ2v) is 3.53. The van der Waals surface area contributed by atoms with E-state index in [-0.39, 0.29) is 17.7 Å². The lowest BCUT2D eigenvalue weighted by atomic mass is 9.95. The first kappa shape index (κ1) is 10.3. The van der Waals surface area contributed by atoms with Crippen LogP contribution in [0.1, 0.15) is 27.2 Å². The third kappa shape index (κ3) is 2.34. The molecule has 1 rings (SSSR count). The molecule has 0 aliphatic carbocycles. The smallest absolute Gasteiger partial charge is 0.407 e. The first-order valence-corrected chi connectivity index (χ1v) is 4.65. The van der Waals surface area contributed by atoms with Crippen molar-refractivity contribution in [2.75, 3.05) is 13.2 Å². The van der Waals surface area contributed by atoms with E-state index < -0.39 is 0 Å². The molecule has 1 fully saturated rings. The molecule has 4 nitrogen and oxygen atoms in total. The van der Waals surface area contributed by atoms with Crippen LogP contribution in [-0.2, 0) is 9.47 Å². The van der Waals surface area contributed by atoms with Crippen molar-refractivity contribution < 1.29 is 14.3 Å². The van der Waals surface area contributed by atoms with Crippen molar-refractivity contribution in [3.8, 4) is 0 Å². The van der Waals surface area contributed by atoms with Gasteiger partial charge in [0.05, 0.1) is 18.2 Å². The van der Waals surface area contributed by atoms with Crippen LogP contribution in [0.4, 0.5) is 4.79 Å². The topological polar surface area (TPSA) is 47.6 Å². The molecule has 1 aliphatic heterocycles. The zero-order valence-corrected chi connectivity index (χ0v) is 8.42. The maximum atomic E-state index is 11.2. The molecule has 1 heterocycles. The molecule has 13 heavy (non-hydrogen) atoms. The van der Waals surface area contributed by atoms with Gasteiger partial charge in [0, 0.05) is 6.61 Å². The van der Waals surface area contributed by atoms with Gasteiger partial charge in [0.15, 0.2) is 0 Å². The zero-order chi connectivity index (χ0) is 9.90. The number of amides is 1. The lowest BCUT2D eigenvalue weighted by molar-refractivity contribution is 0.0812. The average Bonchev–Trinajstić information content (AvgIpc) is 2.32. The van der Waals surface area contributed by atoms with Crippen LogP contribution in [0, 0.1) is 0 Å². The Labute approximate surface area is 78.6 Å². The lowest BCUT2D eigenvalue weighted by Crippen LogP contribution is -2.50. The third-order valence-corrected chi connectivity index (χ3v) is 2.55. The predicted molar refractivity (Wildman–Crippen MR) is 48.6 cm³/mol. The summed E-state index contributed by atoms with van der Waals surface area (Å²) in [7, 11) is 0. The van der Waals surface area contributed by atoms with E-state index in [9.17, 15) is 4.79 Å². The van der Waals surface area contributed by atoms with Gasteiger partial charge in [-0.2, -0.15) is 0 Å². The zero-order valence-electron chi connectivity index (χ0n) is 8.42. The van der Waals surface area contributed by atoms with Crippen LogP contribution in [0.3, 0.4) is 0 Å². The SMILES string of the molecule is CCOC(=O)NC1(C)CCOC1C. The van der Waals surface area contributed by atoms with Crippen molar-refractivity contribution in [3.05, 3.63) is 0 Å². The summed E-state index contributed by atoms with van der Waals surface area (Å²) in [5.41, 5.74) is -0.272. The van der Waals surface area contributed by atoms with Crippen molar-refractivity contribution in [1.82, 2.24) is 5.32 Å². The highest BCUT2D eigenvalue weighted by Crippen LogP contribution is 2.24. The Hall–Kier alpha value is -0.770. The van der Waals surface area contributed by atoms with Gasteiger partial charge in [0.25, 0.3) is 0 Å². The maximum absolute atomic E-state index is 11.2. The lowest BCUT2D eigenvalue weighted by Gasteiger charge is -2.28. The van der Waals surface area contributed by atoms with Gasteiger partial charge in [-0.1, -0.05) is 0 Å². The number of hydrogen-bond donors (Lipinski definition) is 1. The van der Waals surface area contributed by atoms with Crippen LogP contribution in [0.5, 0.6) is 0 Å². The molecule has 0 aromatic rings. The monoisotopic (exact) mass is 187 g/mol. The summed E-state index contributed by atoms with van der Waals surface area (Å²) in [6.07, 6.45) is 0.534. The number of carbonyl (C=O) groups excluding carboxylic acids is 1. The summed E-state index contributed by atoms with van der Waals surface area (Å²) in [6.45, 7) is 6.82. The number of nitrogens with one attached hydrogen (secondary N) is 1. The molecule has 1 saturated heterocycles. The van der Waals surface area contributed by atoms with E-state index in [1.807, 2.05) is 13.8 Å². The molecular formula is C9H17NO3. The molecule has 2 atom stereocenters. The largest absolute Gasteiger partial charge is 0.450 e. The van der Waals surface area contributed by atoms with Gasteiger partial charge in [-0.3, -0.25) is 0 Å². The molecule has 0 aromatic heterocycles. The summed E-state index contributed by atoms with van der Waals surface area (Å²) in [5, 5.41) is 2.82. The Morgan fingerprint density at radius 1 is 1.77 bits per heavy atom. The Bertz CT molecular complexity index is 195. The van der Waals surface area contributed by atoms with E-state index in [4.69, 9.17) is 9.47 Å². The number of alkyl carbamates (subject to hydrolysis) is 1. The van der Waals surface area contributed by atoms with Gasteiger partial charge < -0.3 is 14.8 Å². The minimum absolute atomic E-state index is 0.0527. The van der Waals surface area contributed by atoms with E-state index >= 15 is 0 Å².